The lowest BCUT2D eigenvalue weighted by atomic mass is 10.2. The fourth-order valence-electron chi connectivity index (χ4n) is 1.79. The lowest BCUT2D eigenvalue weighted by Gasteiger charge is -2.04. The molecule has 0 amide bonds. The zero-order valence-electron chi connectivity index (χ0n) is 12.3. The van der Waals surface area contributed by atoms with E-state index in [2.05, 4.69) is 16.6 Å². The van der Waals surface area contributed by atoms with Crippen molar-refractivity contribution in [2.24, 2.45) is 0 Å². The summed E-state index contributed by atoms with van der Waals surface area (Å²) >= 11 is 5.96. The summed E-state index contributed by atoms with van der Waals surface area (Å²) in [5.41, 5.74) is 1.10. The number of carbonyl (C=O) groups is 1. The Bertz CT molecular complexity index is 878. The average Bonchev–Trinajstić information content (AvgIpc) is 2.53. The average molecular weight is 348 g/mol. The monoisotopic (exact) mass is 347 g/mol. The maximum atomic E-state index is 12.1. The second-order valence-electron chi connectivity index (χ2n) is 4.69. The molecule has 0 aliphatic carbocycles. The molecule has 0 aliphatic heterocycles. The Balaban J connectivity index is 2.05. The van der Waals surface area contributed by atoms with Crippen molar-refractivity contribution in [2.45, 2.75) is 11.8 Å². The third kappa shape index (κ3) is 4.67. The van der Waals surface area contributed by atoms with E-state index in [1.807, 2.05) is 0 Å². The first-order valence-electron chi connectivity index (χ1n) is 6.74. The van der Waals surface area contributed by atoms with Crippen molar-refractivity contribution >= 4 is 27.4 Å². The van der Waals surface area contributed by atoms with Crippen LogP contribution in [0.1, 0.15) is 22.8 Å². The van der Waals surface area contributed by atoms with E-state index >= 15 is 0 Å². The summed E-state index contributed by atoms with van der Waals surface area (Å²) in [4.78, 5) is 11.3. The fraction of sp³-hybridized carbons (Fsp3) is 0.118. The first-order valence-corrected chi connectivity index (χ1v) is 8.60. The molecule has 2 aromatic carbocycles. The van der Waals surface area contributed by atoms with E-state index in [0.29, 0.717) is 16.1 Å². The number of sulfonamides is 1. The summed E-state index contributed by atoms with van der Waals surface area (Å²) in [5.74, 6) is 5.41. The molecule has 4 nitrogen and oxygen atoms in total. The summed E-state index contributed by atoms with van der Waals surface area (Å²) in [6.07, 6.45) is 0. The lowest BCUT2D eigenvalue weighted by molar-refractivity contribution is 0.101. The van der Waals surface area contributed by atoms with Gasteiger partial charge in [0.15, 0.2) is 5.78 Å². The summed E-state index contributed by atoms with van der Waals surface area (Å²) < 4.78 is 26.6. The molecule has 1 N–H and O–H groups in total. The van der Waals surface area contributed by atoms with Crippen LogP contribution in [-0.2, 0) is 10.0 Å². The number of hydrogen-bond donors (Lipinski definition) is 1. The summed E-state index contributed by atoms with van der Waals surface area (Å²) in [7, 11) is -3.66. The maximum absolute atomic E-state index is 12.1. The van der Waals surface area contributed by atoms with Gasteiger partial charge in [0.1, 0.15) is 0 Å². The van der Waals surface area contributed by atoms with Crippen LogP contribution in [0.15, 0.2) is 53.4 Å². The molecule has 0 saturated heterocycles. The predicted molar refractivity (Wildman–Crippen MR) is 90.0 cm³/mol. The molecule has 0 fully saturated rings. The van der Waals surface area contributed by atoms with Gasteiger partial charge in [0, 0.05) is 11.1 Å². The standard InChI is InChI=1S/C17H14ClNO3S/c1-13(20)14-8-10-16(11-9-14)23(21,22)19-12-4-6-15-5-2-3-7-17(15)18/h2-3,5,7-11,19H,12H2,1H3. The molecule has 6 heteroatoms. The van der Waals surface area contributed by atoms with Crippen molar-refractivity contribution in [3.63, 3.8) is 0 Å². The minimum Gasteiger partial charge on any atom is -0.295 e. The van der Waals surface area contributed by atoms with E-state index in [9.17, 15) is 13.2 Å². The maximum Gasteiger partial charge on any atom is 0.241 e. The molecular weight excluding hydrogens is 334 g/mol. The molecule has 0 heterocycles. The lowest BCUT2D eigenvalue weighted by Crippen LogP contribution is -2.24. The van der Waals surface area contributed by atoms with E-state index in [0.717, 1.165) is 0 Å². The molecule has 118 valence electrons. The third-order valence-corrected chi connectivity index (χ3v) is 4.77. The van der Waals surface area contributed by atoms with Crippen LogP contribution in [0.2, 0.25) is 5.02 Å². The molecule has 0 atom stereocenters. The van der Waals surface area contributed by atoms with E-state index in [1.54, 1.807) is 24.3 Å². The Morgan fingerprint density at radius 3 is 2.39 bits per heavy atom. The quantitative estimate of drug-likeness (QED) is 0.683. The van der Waals surface area contributed by atoms with E-state index in [-0.39, 0.29) is 17.2 Å². The Labute approximate surface area is 140 Å². The molecule has 23 heavy (non-hydrogen) atoms. The van der Waals surface area contributed by atoms with Crippen LogP contribution in [0, 0.1) is 11.8 Å². The van der Waals surface area contributed by atoms with Crippen LogP contribution in [0.3, 0.4) is 0 Å². The Morgan fingerprint density at radius 2 is 1.78 bits per heavy atom. The second kappa shape index (κ2) is 7.42. The summed E-state index contributed by atoms with van der Waals surface area (Å²) in [5, 5.41) is 0.516. The predicted octanol–water partition coefficient (Wildman–Crippen LogP) is 2.87. The minimum absolute atomic E-state index is 0.0397. The molecule has 0 aliphatic rings. The summed E-state index contributed by atoms with van der Waals surface area (Å²) in [6, 6.07) is 12.8. The van der Waals surface area contributed by atoms with Crippen molar-refractivity contribution in [1.82, 2.24) is 4.72 Å². The highest BCUT2D eigenvalue weighted by atomic mass is 35.5. The van der Waals surface area contributed by atoms with Gasteiger partial charge in [-0.05, 0) is 31.2 Å². The second-order valence-corrected chi connectivity index (χ2v) is 6.86. The number of benzene rings is 2. The van der Waals surface area contributed by atoms with Gasteiger partial charge in [-0.1, -0.05) is 47.7 Å². The Morgan fingerprint density at radius 1 is 1.13 bits per heavy atom. The first kappa shape index (κ1) is 17.2. The van der Waals surface area contributed by atoms with Crippen molar-refractivity contribution < 1.29 is 13.2 Å². The molecule has 0 spiro atoms. The van der Waals surface area contributed by atoms with Gasteiger partial charge in [-0.15, -0.1) is 0 Å². The summed E-state index contributed by atoms with van der Waals surface area (Å²) in [6.45, 7) is 1.38. The van der Waals surface area contributed by atoms with Crippen LogP contribution in [0.4, 0.5) is 0 Å². The zero-order chi connectivity index (χ0) is 16.9. The first-order chi connectivity index (χ1) is 10.9. The van der Waals surface area contributed by atoms with Gasteiger partial charge >= 0.3 is 0 Å². The molecule has 0 saturated carbocycles. The number of halogens is 1. The van der Waals surface area contributed by atoms with E-state index in [1.165, 1.54) is 31.2 Å². The topological polar surface area (TPSA) is 63.2 Å². The van der Waals surface area contributed by atoms with Crippen molar-refractivity contribution in [1.29, 1.82) is 0 Å². The highest BCUT2D eigenvalue weighted by Gasteiger charge is 2.12. The molecule has 0 unspecified atom stereocenters. The smallest absolute Gasteiger partial charge is 0.241 e. The van der Waals surface area contributed by atoms with Crippen LogP contribution in [0.25, 0.3) is 0 Å². The largest absolute Gasteiger partial charge is 0.295 e. The molecule has 0 radical (unpaired) electrons. The number of Topliss-reactive ketones (excluding diaryl/α,β-unsaturated/α-hetero) is 1. The Hall–Kier alpha value is -2.13. The fourth-order valence-corrected chi connectivity index (χ4v) is 2.89. The number of nitrogens with one attached hydrogen (secondary N) is 1. The minimum atomic E-state index is -3.66. The van der Waals surface area contributed by atoms with Crippen LogP contribution >= 0.6 is 11.6 Å². The van der Waals surface area contributed by atoms with Crippen molar-refractivity contribution in [2.75, 3.05) is 6.54 Å². The van der Waals surface area contributed by atoms with Crippen molar-refractivity contribution in [3.05, 3.63) is 64.7 Å². The van der Waals surface area contributed by atoms with Gasteiger partial charge in [-0.2, -0.15) is 4.72 Å². The van der Waals surface area contributed by atoms with Crippen molar-refractivity contribution in [3.8, 4) is 11.8 Å². The number of carbonyl (C=O) groups excluding carboxylic acids is 1. The van der Waals surface area contributed by atoms with E-state index in [4.69, 9.17) is 11.6 Å². The highest BCUT2D eigenvalue weighted by molar-refractivity contribution is 7.89. The van der Waals surface area contributed by atoms with Crippen LogP contribution in [0.5, 0.6) is 0 Å². The SMILES string of the molecule is CC(=O)c1ccc(S(=O)(=O)NCC#Cc2ccccc2Cl)cc1. The third-order valence-electron chi connectivity index (χ3n) is 3.02. The van der Waals surface area contributed by atoms with Gasteiger partial charge in [-0.25, -0.2) is 8.42 Å². The molecule has 2 aromatic rings. The van der Waals surface area contributed by atoms with E-state index < -0.39 is 10.0 Å². The molecule has 2 rings (SSSR count). The van der Waals surface area contributed by atoms with Gasteiger partial charge < -0.3 is 0 Å². The van der Waals surface area contributed by atoms with Crippen LogP contribution in [-0.4, -0.2) is 20.7 Å². The molecular formula is C17H14ClNO3S. The van der Waals surface area contributed by atoms with Gasteiger partial charge in [0.25, 0.3) is 0 Å². The number of rotatable bonds is 4. The van der Waals surface area contributed by atoms with Crippen LogP contribution < -0.4 is 4.72 Å². The molecule has 0 aromatic heterocycles. The van der Waals surface area contributed by atoms with Gasteiger partial charge in [0.2, 0.25) is 10.0 Å². The van der Waals surface area contributed by atoms with Gasteiger partial charge in [0.05, 0.1) is 16.5 Å². The Kier molecular flexibility index (Phi) is 5.56. The van der Waals surface area contributed by atoms with Gasteiger partial charge in [-0.3, -0.25) is 4.79 Å². The number of ketones is 1. The zero-order valence-corrected chi connectivity index (χ0v) is 13.9. The normalized spacial score (nSPS) is 10.7. The number of hydrogen-bond acceptors (Lipinski definition) is 3. The highest BCUT2D eigenvalue weighted by Crippen LogP contribution is 2.13. The molecule has 0 bridgehead atoms.